The minimum Gasteiger partial charge on any atom is -0.490 e. The van der Waals surface area contributed by atoms with Crippen molar-refractivity contribution in [3.63, 3.8) is 0 Å². The van der Waals surface area contributed by atoms with E-state index in [0.29, 0.717) is 52.4 Å². The van der Waals surface area contributed by atoms with Crippen molar-refractivity contribution in [2.75, 3.05) is 18.5 Å². The highest BCUT2D eigenvalue weighted by Crippen LogP contribution is 2.34. The van der Waals surface area contributed by atoms with Crippen molar-refractivity contribution in [3.8, 4) is 11.5 Å². The van der Waals surface area contributed by atoms with E-state index >= 15 is 0 Å². The number of hydrogen-bond acceptors (Lipinski definition) is 6. The molecule has 41 heavy (non-hydrogen) atoms. The lowest BCUT2D eigenvalue weighted by molar-refractivity contribution is -0.118. The molecule has 1 aromatic heterocycles. The molecule has 0 spiro atoms. The van der Waals surface area contributed by atoms with Gasteiger partial charge in [0.15, 0.2) is 18.1 Å². The molecule has 0 bridgehead atoms. The van der Waals surface area contributed by atoms with Crippen molar-refractivity contribution in [1.82, 2.24) is 9.66 Å². The third kappa shape index (κ3) is 7.07. The number of anilines is 1. The van der Waals surface area contributed by atoms with Gasteiger partial charge >= 0.3 is 0 Å². The zero-order chi connectivity index (χ0) is 29.5. The lowest BCUT2D eigenvalue weighted by atomic mass is 10.1. The summed E-state index contributed by atoms with van der Waals surface area (Å²) in [6.07, 6.45) is 3.67. The number of aromatic nitrogens is 2. The topological polar surface area (TPSA) is 94.8 Å². The lowest BCUT2D eigenvalue weighted by Gasteiger charge is -2.17. The van der Waals surface area contributed by atoms with Gasteiger partial charge in [-0.15, -0.1) is 6.58 Å². The molecule has 1 heterocycles. The van der Waals surface area contributed by atoms with E-state index in [2.05, 4.69) is 37.9 Å². The minimum absolute atomic E-state index is 0.0607. The highest BCUT2D eigenvalue weighted by atomic mass is 79.9. The monoisotopic (exact) mass is 620 g/mol. The summed E-state index contributed by atoms with van der Waals surface area (Å²) in [5.74, 6) is 0.158. The maximum atomic E-state index is 13.9. The molecular formula is C31H30BrFN4O4. The Hall–Kier alpha value is -4.31. The van der Waals surface area contributed by atoms with Crippen molar-refractivity contribution >= 4 is 44.6 Å². The first kappa shape index (κ1) is 29.7. The highest BCUT2D eigenvalue weighted by molar-refractivity contribution is 9.10. The van der Waals surface area contributed by atoms with Gasteiger partial charge in [-0.05, 0) is 61.4 Å². The van der Waals surface area contributed by atoms with Gasteiger partial charge in [0.05, 0.1) is 29.4 Å². The van der Waals surface area contributed by atoms with Crippen molar-refractivity contribution in [3.05, 3.63) is 105 Å². The van der Waals surface area contributed by atoms with E-state index in [1.54, 1.807) is 36.6 Å². The van der Waals surface area contributed by atoms with Crippen LogP contribution in [0.2, 0.25) is 0 Å². The maximum absolute atomic E-state index is 13.9. The van der Waals surface area contributed by atoms with E-state index in [0.717, 1.165) is 4.47 Å². The average molecular weight is 622 g/mol. The van der Waals surface area contributed by atoms with Crippen molar-refractivity contribution in [1.29, 1.82) is 0 Å². The molecule has 8 nitrogen and oxygen atoms in total. The Kier molecular flexibility index (Phi) is 9.67. The minimum atomic E-state index is -0.541. The van der Waals surface area contributed by atoms with Gasteiger partial charge in [-0.3, -0.25) is 9.59 Å². The molecule has 0 atom stereocenters. The number of hydrogen-bond donors (Lipinski definition) is 1. The summed E-state index contributed by atoms with van der Waals surface area (Å²) in [5, 5.41) is 7.47. The Morgan fingerprint density at radius 3 is 2.68 bits per heavy atom. The summed E-state index contributed by atoms with van der Waals surface area (Å²) in [7, 11) is 0. The fourth-order valence-corrected chi connectivity index (χ4v) is 4.52. The molecule has 1 amide bonds. The van der Waals surface area contributed by atoms with Crippen LogP contribution in [0.3, 0.4) is 0 Å². The molecule has 0 aliphatic carbocycles. The molecule has 3 aromatic carbocycles. The molecule has 0 radical (unpaired) electrons. The molecular weight excluding hydrogens is 591 g/mol. The second-order valence-electron chi connectivity index (χ2n) is 9.40. The smallest absolute Gasteiger partial charge is 0.282 e. The van der Waals surface area contributed by atoms with Crippen LogP contribution in [0.25, 0.3) is 10.9 Å². The van der Waals surface area contributed by atoms with Crippen LogP contribution < -0.4 is 20.3 Å². The summed E-state index contributed by atoms with van der Waals surface area (Å²) >= 11 is 3.42. The van der Waals surface area contributed by atoms with Gasteiger partial charge in [-0.2, -0.15) is 9.78 Å². The summed E-state index contributed by atoms with van der Waals surface area (Å²) in [6.45, 7) is 9.53. The van der Waals surface area contributed by atoms with E-state index in [-0.39, 0.29) is 23.8 Å². The number of nitrogens with zero attached hydrogens (tertiary/aromatic N) is 3. The number of rotatable bonds is 11. The molecule has 4 rings (SSSR count). The number of ether oxygens (including phenoxy) is 2. The second-order valence-corrected chi connectivity index (χ2v) is 10.3. The Balaban J connectivity index is 1.68. The lowest BCUT2D eigenvalue weighted by Crippen LogP contribution is -2.23. The molecule has 0 saturated carbocycles. The van der Waals surface area contributed by atoms with Gasteiger partial charge in [-0.25, -0.2) is 9.37 Å². The maximum Gasteiger partial charge on any atom is 0.282 e. The van der Waals surface area contributed by atoms with Crippen LogP contribution >= 0.6 is 15.9 Å². The second kappa shape index (κ2) is 13.4. The van der Waals surface area contributed by atoms with Crippen LogP contribution in [-0.2, 0) is 11.2 Å². The fourth-order valence-electron chi connectivity index (χ4n) is 4.15. The number of carbonyl (C=O) groups excluding carboxylic acids is 1. The number of carbonyl (C=O) groups is 1. The zero-order valence-electron chi connectivity index (χ0n) is 23.0. The fraction of sp³-hybridized carbons (Fsp3) is 0.226. The van der Waals surface area contributed by atoms with Gasteiger partial charge in [0.2, 0.25) is 0 Å². The quantitative estimate of drug-likeness (QED) is 0.154. The van der Waals surface area contributed by atoms with Crippen molar-refractivity contribution < 1.29 is 18.7 Å². The molecule has 4 aromatic rings. The number of allylic oxidation sites excluding steroid dienone is 1. The van der Waals surface area contributed by atoms with Crippen LogP contribution in [0, 0.1) is 5.82 Å². The Labute approximate surface area is 245 Å². The van der Waals surface area contributed by atoms with Crippen LogP contribution in [-0.4, -0.2) is 35.0 Å². The van der Waals surface area contributed by atoms with Crippen molar-refractivity contribution in [2.24, 2.45) is 5.10 Å². The number of fused-ring (bicyclic) bond motifs is 1. The first-order valence-corrected chi connectivity index (χ1v) is 13.9. The van der Waals surface area contributed by atoms with Crippen LogP contribution in [0.1, 0.15) is 43.6 Å². The third-order valence-corrected chi connectivity index (χ3v) is 6.48. The van der Waals surface area contributed by atoms with Gasteiger partial charge < -0.3 is 14.8 Å². The summed E-state index contributed by atoms with van der Waals surface area (Å²) < 4.78 is 27.7. The van der Waals surface area contributed by atoms with Gasteiger partial charge in [0, 0.05) is 16.0 Å². The molecule has 1 N–H and O–H groups in total. The molecule has 0 fully saturated rings. The Bertz CT molecular complexity index is 1680. The van der Waals surface area contributed by atoms with E-state index in [1.165, 1.54) is 22.9 Å². The molecule has 0 aliphatic heterocycles. The Morgan fingerprint density at radius 2 is 1.98 bits per heavy atom. The SMILES string of the molecule is C=CCc1cc(C=Nn2c(C(C)C)nc3ccc(Br)cc3c2=O)cc(OCC)c1OCC(=O)Nc1ccccc1F. The van der Waals surface area contributed by atoms with E-state index in [9.17, 15) is 14.0 Å². The predicted molar refractivity (Wildman–Crippen MR) is 163 cm³/mol. The zero-order valence-corrected chi connectivity index (χ0v) is 24.6. The molecule has 0 aliphatic rings. The predicted octanol–water partition coefficient (Wildman–Crippen LogP) is 6.45. The normalized spacial score (nSPS) is 11.3. The standard InChI is InChI=1S/C31H30BrFN4O4/c1-5-9-21-14-20(17-34-37-30(19(3)4)36-25-13-12-22(32)16-23(25)31(37)39)15-27(40-6-2)29(21)41-18-28(38)35-26-11-8-7-10-24(26)33/h5,7-8,10-17,19H,1,6,9,18H2,2-4H3,(H,35,38). The number of benzene rings is 3. The first-order valence-electron chi connectivity index (χ1n) is 13.1. The van der Waals surface area contributed by atoms with E-state index in [4.69, 9.17) is 9.47 Å². The van der Waals surface area contributed by atoms with E-state index < -0.39 is 11.7 Å². The highest BCUT2D eigenvalue weighted by Gasteiger charge is 2.17. The summed E-state index contributed by atoms with van der Waals surface area (Å²) in [6, 6.07) is 14.8. The largest absolute Gasteiger partial charge is 0.490 e. The van der Waals surface area contributed by atoms with Crippen molar-refractivity contribution in [2.45, 2.75) is 33.1 Å². The number of amides is 1. The van der Waals surface area contributed by atoms with Gasteiger partial charge in [-0.1, -0.05) is 48.0 Å². The number of nitrogens with one attached hydrogen (secondary N) is 1. The van der Waals surface area contributed by atoms with Crippen LogP contribution in [0.4, 0.5) is 10.1 Å². The number of halogens is 2. The first-order chi connectivity index (χ1) is 19.7. The number of para-hydroxylation sites is 1. The van der Waals surface area contributed by atoms with Crippen LogP contribution in [0.5, 0.6) is 11.5 Å². The average Bonchev–Trinajstić information content (AvgIpc) is 2.93. The van der Waals surface area contributed by atoms with Crippen LogP contribution in [0.15, 0.2) is 81.6 Å². The third-order valence-electron chi connectivity index (χ3n) is 5.99. The summed E-state index contributed by atoms with van der Waals surface area (Å²) in [4.78, 5) is 30.6. The van der Waals surface area contributed by atoms with Gasteiger partial charge in [0.25, 0.3) is 11.5 Å². The molecule has 0 unspecified atom stereocenters. The molecule has 10 heteroatoms. The molecule has 0 saturated heterocycles. The van der Waals surface area contributed by atoms with E-state index in [1.807, 2.05) is 32.9 Å². The molecule has 212 valence electrons. The Morgan fingerprint density at radius 1 is 1.20 bits per heavy atom. The summed E-state index contributed by atoms with van der Waals surface area (Å²) in [5.41, 5.74) is 1.72. The van der Waals surface area contributed by atoms with Gasteiger partial charge in [0.1, 0.15) is 11.6 Å².